The molecule has 2 aliphatic rings. The highest BCUT2D eigenvalue weighted by molar-refractivity contribution is 5.86. The monoisotopic (exact) mass is 448 g/mol. The van der Waals surface area contributed by atoms with Crippen molar-refractivity contribution in [2.24, 2.45) is 22.9 Å². The van der Waals surface area contributed by atoms with E-state index in [1.54, 1.807) is 0 Å². The third-order valence-electron chi connectivity index (χ3n) is 6.21. The molecule has 5 rings (SSSR count). The van der Waals surface area contributed by atoms with Gasteiger partial charge in [-0.1, -0.05) is 30.3 Å². The second-order valence-electron chi connectivity index (χ2n) is 9.27. The number of nitrogens with one attached hydrogen (secondary N) is 1. The summed E-state index contributed by atoms with van der Waals surface area (Å²) in [7, 11) is 0. The zero-order chi connectivity index (χ0) is 22.9. The minimum Gasteiger partial charge on any atom is -0.338 e. The number of benzene rings is 2. The maximum Gasteiger partial charge on any atom is 0.233 e. The van der Waals surface area contributed by atoms with Crippen LogP contribution in [0.2, 0.25) is 0 Å². The molecule has 9 N–H and O–H groups in total. The van der Waals surface area contributed by atoms with Crippen LogP contribution in [0.5, 0.6) is 0 Å². The van der Waals surface area contributed by atoms with Crippen molar-refractivity contribution in [1.29, 1.82) is 0 Å². The molecular weight excluding hydrogens is 416 g/mol. The van der Waals surface area contributed by atoms with Crippen LogP contribution < -0.4 is 38.1 Å². The van der Waals surface area contributed by atoms with Gasteiger partial charge in [0.15, 0.2) is 0 Å². The molecule has 0 radical (unpaired) electrons. The van der Waals surface area contributed by atoms with Gasteiger partial charge in [-0.2, -0.15) is 15.0 Å². The number of aromatic nitrogens is 3. The fraction of sp³-hybridized carbons (Fsp3) is 0.435. The number of nitrogens with zero attached hydrogens (tertiary/aromatic N) is 5. The van der Waals surface area contributed by atoms with Crippen molar-refractivity contribution in [3.63, 3.8) is 0 Å². The Labute approximate surface area is 193 Å². The van der Waals surface area contributed by atoms with Gasteiger partial charge < -0.3 is 38.1 Å². The van der Waals surface area contributed by atoms with Crippen LogP contribution in [0.3, 0.4) is 0 Å². The topological polar surface area (TPSA) is 161 Å². The molecule has 0 saturated carbocycles. The van der Waals surface area contributed by atoms with Crippen molar-refractivity contribution in [3.05, 3.63) is 42.5 Å². The van der Waals surface area contributed by atoms with Gasteiger partial charge >= 0.3 is 0 Å². The van der Waals surface area contributed by atoms with E-state index in [1.165, 1.54) is 5.39 Å². The van der Waals surface area contributed by atoms with Crippen molar-refractivity contribution in [3.8, 4) is 0 Å². The smallest absolute Gasteiger partial charge is 0.233 e. The SMILES string of the molecule is N[C@@H]1C[C@H](N)CN(c2nc(Nc3ccc4ccccc4c3)nc(N3C[C@H](N)C[C@H](N)C3)n2)C1. The summed E-state index contributed by atoms with van der Waals surface area (Å²) in [5.74, 6) is 1.58. The number of nitrogens with two attached hydrogens (primary N) is 4. The molecule has 2 fully saturated rings. The molecule has 3 heterocycles. The normalized spacial score (nSPS) is 25.9. The molecular formula is C23H32N10. The van der Waals surface area contributed by atoms with Crippen LogP contribution >= 0.6 is 0 Å². The third-order valence-corrected chi connectivity index (χ3v) is 6.21. The average molecular weight is 449 g/mol. The van der Waals surface area contributed by atoms with Gasteiger partial charge in [-0.15, -0.1) is 0 Å². The van der Waals surface area contributed by atoms with Gasteiger partial charge in [0.1, 0.15) is 0 Å². The molecule has 0 aliphatic carbocycles. The van der Waals surface area contributed by atoms with Crippen molar-refractivity contribution in [2.45, 2.75) is 37.0 Å². The predicted molar refractivity (Wildman–Crippen MR) is 133 cm³/mol. The van der Waals surface area contributed by atoms with E-state index in [4.69, 9.17) is 37.9 Å². The molecule has 10 heteroatoms. The van der Waals surface area contributed by atoms with Crippen LogP contribution in [0.4, 0.5) is 23.5 Å². The molecule has 174 valence electrons. The molecule has 2 saturated heterocycles. The van der Waals surface area contributed by atoms with Crippen molar-refractivity contribution >= 4 is 34.3 Å². The molecule has 0 spiro atoms. The minimum atomic E-state index is -0.0253. The van der Waals surface area contributed by atoms with Gasteiger partial charge in [-0.25, -0.2) is 0 Å². The second-order valence-corrected chi connectivity index (χ2v) is 9.27. The van der Waals surface area contributed by atoms with Gasteiger partial charge in [0.2, 0.25) is 17.8 Å². The lowest BCUT2D eigenvalue weighted by molar-refractivity contribution is 0.441. The van der Waals surface area contributed by atoms with Gasteiger partial charge in [-0.3, -0.25) is 0 Å². The first-order valence-electron chi connectivity index (χ1n) is 11.5. The van der Waals surface area contributed by atoms with Gasteiger partial charge in [0.05, 0.1) is 0 Å². The summed E-state index contributed by atoms with van der Waals surface area (Å²) in [6.45, 7) is 2.58. The number of piperidine rings is 2. The van der Waals surface area contributed by atoms with Crippen LogP contribution in [-0.2, 0) is 0 Å². The second kappa shape index (κ2) is 9.06. The van der Waals surface area contributed by atoms with Crippen LogP contribution in [0.15, 0.2) is 42.5 Å². The Morgan fingerprint density at radius 1 is 0.667 bits per heavy atom. The Morgan fingerprint density at radius 3 is 1.73 bits per heavy atom. The maximum atomic E-state index is 6.23. The molecule has 2 aromatic carbocycles. The lowest BCUT2D eigenvalue weighted by atomic mass is 10.0. The number of hydrogen-bond acceptors (Lipinski definition) is 10. The Kier molecular flexibility index (Phi) is 5.98. The molecule has 0 amide bonds. The van der Waals surface area contributed by atoms with Crippen molar-refractivity contribution < 1.29 is 0 Å². The standard InChI is InChI=1S/C23H32N10/c24-16-8-17(25)11-32(10-16)22-29-21(28-20-6-5-14-3-1-2-4-15(14)7-20)30-23(31-22)33-12-18(26)9-19(27)13-33/h1-7,16-19H,8-13,24-27H2,(H,28,29,30,31)/t16-,17+,18-,19+. The largest absolute Gasteiger partial charge is 0.338 e. The third kappa shape index (κ3) is 4.98. The Hall–Kier alpha value is -3.05. The summed E-state index contributed by atoms with van der Waals surface area (Å²) in [6.07, 6.45) is 1.57. The summed E-state index contributed by atoms with van der Waals surface area (Å²) in [5.41, 5.74) is 25.8. The molecule has 1 aromatic heterocycles. The Bertz CT molecular complexity index is 1060. The molecule has 4 atom stereocenters. The number of hydrogen-bond donors (Lipinski definition) is 5. The van der Waals surface area contributed by atoms with Gasteiger partial charge in [0.25, 0.3) is 0 Å². The summed E-state index contributed by atoms with van der Waals surface area (Å²) in [4.78, 5) is 18.3. The quantitative estimate of drug-likeness (QED) is 0.380. The number of fused-ring (bicyclic) bond motifs is 1. The Morgan fingerprint density at radius 2 is 1.18 bits per heavy atom. The predicted octanol–water partition coefficient (Wildman–Crippen LogP) is 0.498. The minimum absolute atomic E-state index is 0.0253. The molecule has 0 bridgehead atoms. The van der Waals surface area contributed by atoms with Crippen LogP contribution in [-0.4, -0.2) is 65.3 Å². The average Bonchev–Trinajstić information content (AvgIpc) is 2.77. The molecule has 10 nitrogen and oxygen atoms in total. The summed E-state index contributed by atoms with van der Waals surface area (Å²) in [5, 5.41) is 5.67. The van der Waals surface area contributed by atoms with E-state index in [0.717, 1.165) is 23.9 Å². The van der Waals surface area contributed by atoms with Gasteiger partial charge in [-0.05, 0) is 35.7 Å². The van der Waals surface area contributed by atoms with Crippen LogP contribution in [0, 0.1) is 0 Å². The van der Waals surface area contributed by atoms with E-state index < -0.39 is 0 Å². The Balaban J connectivity index is 1.49. The summed E-state index contributed by atoms with van der Waals surface area (Å²) in [6, 6.07) is 14.3. The number of anilines is 4. The summed E-state index contributed by atoms with van der Waals surface area (Å²) >= 11 is 0. The lowest BCUT2D eigenvalue weighted by Gasteiger charge is -2.37. The zero-order valence-corrected chi connectivity index (χ0v) is 18.6. The highest BCUT2D eigenvalue weighted by Crippen LogP contribution is 2.25. The van der Waals surface area contributed by atoms with Crippen molar-refractivity contribution in [2.75, 3.05) is 41.3 Å². The zero-order valence-electron chi connectivity index (χ0n) is 18.6. The fourth-order valence-corrected chi connectivity index (χ4v) is 4.77. The molecule has 33 heavy (non-hydrogen) atoms. The fourth-order valence-electron chi connectivity index (χ4n) is 4.77. The number of rotatable bonds is 4. The van der Waals surface area contributed by atoms with E-state index >= 15 is 0 Å². The highest BCUT2D eigenvalue weighted by atomic mass is 15.4. The first-order chi connectivity index (χ1) is 15.9. The molecule has 0 unspecified atom stereocenters. The first kappa shape index (κ1) is 21.8. The van der Waals surface area contributed by atoms with E-state index in [2.05, 4.69) is 29.6 Å². The van der Waals surface area contributed by atoms with E-state index in [0.29, 0.717) is 44.0 Å². The molecule has 3 aromatic rings. The molecule has 2 aliphatic heterocycles. The van der Waals surface area contributed by atoms with Crippen LogP contribution in [0.1, 0.15) is 12.8 Å². The van der Waals surface area contributed by atoms with E-state index in [-0.39, 0.29) is 24.2 Å². The first-order valence-corrected chi connectivity index (χ1v) is 11.5. The van der Waals surface area contributed by atoms with Crippen molar-refractivity contribution in [1.82, 2.24) is 15.0 Å². The summed E-state index contributed by atoms with van der Waals surface area (Å²) < 4.78 is 0. The van der Waals surface area contributed by atoms with E-state index in [1.807, 2.05) is 28.0 Å². The lowest BCUT2D eigenvalue weighted by Crippen LogP contribution is -2.54. The van der Waals surface area contributed by atoms with E-state index in [9.17, 15) is 0 Å². The van der Waals surface area contributed by atoms with Gasteiger partial charge in [0, 0.05) is 56.0 Å². The van der Waals surface area contributed by atoms with Crippen LogP contribution in [0.25, 0.3) is 10.8 Å². The highest BCUT2D eigenvalue weighted by Gasteiger charge is 2.28. The maximum absolute atomic E-state index is 6.23.